The molecular formula is C13H12N2O4S2. The fourth-order valence-electron chi connectivity index (χ4n) is 1.63. The highest BCUT2D eigenvalue weighted by Crippen LogP contribution is 2.20. The maximum absolute atomic E-state index is 12.2. The summed E-state index contributed by atoms with van der Waals surface area (Å²) in [6.45, 7) is 1.37. The number of carbonyl (C=O) groups is 2. The zero-order valence-corrected chi connectivity index (χ0v) is 12.9. The number of hydrogen-bond acceptors (Lipinski definition) is 6. The van der Waals surface area contributed by atoms with Gasteiger partial charge in [-0.3, -0.25) is 14.9 Å². The van der Waals surface area contributed by atoms with Gasteiger partial charge in [0.2, 0.25) is 0 Å². The number of nitrogens with zero attached hydrogens (tertiary/aromatic N) is 1. The molecule has 1 heterocycles. The van der Waals surface area contributed by atoms with E-state index in [1.165, 1.54) is 24.4 Å². The highest BCUT2D eigenvalue weighted by Gasteiger charge is 2.19. The van der Waals surface area contributed by atoms with Gasteiger partial charge in [0.05, 0.1) is 10.5 Å². The third kappa shape index (κ3) is 3.53. The summed E-state index contributed by atoms with van der Waals surface area (Å²) in [6.07, 6.45) is 1.04. The number of Topliss-reactive ketones (excluding diaryl/α,β-unsaturated/α-hetero) is 1. The molecule has 1 aromatic carbocycles. The molecule has 2 aromatic rings. The summed E-state index contributed by atoms with van der Waals surface area (Å²) in [5.41, 5.74) is 0.297. The summed E-state index contributed by atoms with van der Waals surface area (Å²) < 4.78 is 23.3. The molecule has 6 nitrogen and oxygen atoms in total. The molecule has 1 N–H and O–H groups in total. The molecule has 0 saturated carbocycles. The number of aromatic nitrogens is 1. The Morgan fingerprint density at radius 2 is 1.90 bits per heavy atom. The van der Waals surface area contributed by atoms with Gasteiger partial charge in [-0.15, -0.1) is 11.3 Å². The Hall–Kier alpha value is -2.06. The van der Waals surface area contributed by atoms with Gasteiger partial charge in [-0.1, -0.05) is 12.1 Å². The van der Waals surface area contributed by atoms with Gasteiger partial charge < -0.3 is 0 Å². The zero-order valence-electron chi connectivity index (χ0n) is 11.3. The Bertz CT molecular complexity index is 809. The summed E-state index contributed by atoms with van der Waals surface area (Å²) in [5.74, 6) is -0.788. The van der Waals surface area contributed by atoms with Crippen LogP contribution in [-0.2, 0) is 9.84 Å². The van der Waals surface area contributed by atoms with Gasteiger partial charge in [-0.2, -0.15) is 0 Å². The van der Waals surface area contributed by atoms with E-state index in [1.807, 2.05) is 0 Å². The van der Waals surface area contributed by atoms with Gasteiger partial charge >= 0.3 is 0 Å². The van der Waals surface area contributed by atoms with E-state index in [2.05, 4.69) is 10.3 Å². The molecule has 1 aromatic heterocycles. The van der Waals surface area contributed by atoms with Crippen molar-refractivity contribution in [2.75, 3.05) is 11.6 Å². The summed E-state index contributed by atoms with van der Waals surface area (Å²) in [7, 11) is -3.51. The molecule has 110 valence electrons. The van der Waals surface area contributed by atoms with Crippen molar-refractivity contribution in [3.63, 3.8) is 0 Å². The van der Waals surface area contributed by atoms with Gasteiger partial charge in [-0.05, 0) is 12.1 Å². The van der Waals surface area contributed by atoms with Crippen LogP contribution in [0.4, 0.5) is 5.13 Å². The van der Waals surface area contributed by atoms with Crippen LogP contribution in [-0.4, -0.2) is 31.3 Å². The molecule has 0 fully saturated rings. The van der Waals surface area contributed by atoms with Crippen LogP contribution in [0.1, 0.15) is 27.8 Å². The zero-order chi connectivity index (χ0) is 15.6. The summed E-state index contributed by atoms with van der Waals surface area (Å²) in [5, 5.41) is 4.27. The molecule has 0 unspecified atom stereocenters. The Morgan fingerprint density at radius 3 is 2.48 bits per heavy atom. The molecule has 0 bridgehead atoms. The van der Waals surface area contributed by atoms with Crippen molar-refractivity contribution in [2.24, 2.45) is 0 Å². The third-order valence-corrected chi connectivity index (χ3v) is 4.53. The second kappa shape index (κ2) is 5.74. The Morgan fingerprint density at radius 1 is 1.24 bits per heavy atom. The van der Waals surface area contributed by atoms with Gasteiger partial charge in [0.15, 0.2) is 20.8 Å². The van der Waals surface area contributed by atoms with E-state index in [0.29, 0.717) is 0 Å². The minimum absolute atomic E-state index is 0.0413. The van der Waals surface area contributed by atoms with Crippen LogP contribution in [0, 0.1) is 0 Å². The molecule has 0 spiro atoms. The number of thiazole rings is 1. The number of carbonyl (C=O) groups excluding carboxylic acids is 2. The largest absolute Gasteiger partial charge is 0.298 e. The molecular weight excluding hydrogens is 312 g/mol. The van der Waals surface area contributed by atoms with Crippen molar-refractivity contribution < 1.29 is 18.0 Å². The number of anilines is 1. The summed E-state index contributed by atoms with van der Waals surface area (Å²) in [4.78, 5) is 27.2. The standard InChI is InChI=1S/C13H12N2O4S2/c1-8(16)10-7-20-13(14-10)15-12(17)9-5-3-4-6-11(9)21(2,18)19/h3-7H,1-2H3,(H,14,15,17). The van der Waals surface area contributed by atoms with Crippen molar-refractivity contribution in [1.82, 2.24) is 4.98 Å². The van der Waals surface area contributed by atoms with Crippen molar-refractivity contribution >= 4 is 38.0 Å². The van der Waals surface area contributed by atoms with E-state index in [-0.39, 0.29) is 27.1 Å². The van der Waals surface area contributed by atoms with Crippen LogP contribution >= 0.6 is 11.3 Å². The van der Waals surface area contributed by atoms with E-state index in [9.17, 15) is 18.0 Å². The monoisotopic (exact) mass is 324 g/mol. The van der Waals surface area contributed by atoms with Crippen LogP contribution in [0.3, 0.4) is 0 Å². The smallest absolute Gasteiger partial charge is 0.258 e. The lowest BCUT2D eigenvalue weighted by Crippen LogP contribution is -2.16. The van der Waals surface area contributed by atoms with Crippen molar-refractivity contribution in [3.05, 3.63) is 40.9 Å². The van der Waals surface area contributed by atoms with Crippen LogP contribution < -0.4 is 5.32 Å². The Balaban J connectivity index is 2.31. The molecule has 0 aliphatic carbocycles. The molecule has 0 aliphatic heterocycles. The van der Waals surface area contributed by atoms with Gasteiger partial charge in [0, 0.05) is 18.6 Å². The molecule has 1 amide bonds. The van der Waals surface area contributed by atoms with Crippen molar-refractivity contribution in [1.29, 1.82) is 0 Å². The fraction of sp³-hybridized carbons (Fsp3) is 0.154. The number of amides is 1. The topological polar surface area (TPSA) is 93.2 Å². The lowest BCUT2D eigenvalue weighted by atomic mass is 10.2. The van der Waals surface area contributed by atoms with E-state index < -0.39 is 15.7 Å². The Kier molecular flexibility index (Phi) is 4.19. The molecule has 21 heavy (non-hydrogen) atoms. The van der Waals surface area contributed by atoms with Crippen LogP contribution in [0.2, 0.25) is 0 Å². The summed E-state index contributed by atoms with van der Waals surface area (Å²) in [6, 6.07) is 5.91. The number of benzene rings is 1. The van der Waals surface area contributed by atoms with Gasteiger partial charge in [-0.25, -0.2) is 13.4 Å². The van der Waals surface area contributed by atoms with Crippen LogP contribution in [0.25, 0.3) is 0 Å². The summed E-state index contributed by atoms with van der Waals surface area (Å²) >= 11 is 1.10. The van der Waals surface area contributed by atoms with Gasteiger partial charge in [0.25, 0.3) is 5.91 Å². The van der Waals surface area contributed by atoms with E-state index in [4.69, 9.17) is 0 Å². The maximum Gasteiger partial charge on any atom is 0.258 e. The van der Waals surface area contributed by atoms with E-state index in [0.717, 1.165) is 17.6 Å². The first-order chi connectivity index (χ1) is 9.79. The highest BCUT2D eigenvalue weighted by molar-refractivity contribution is 7.90. The molecule has 2 rings (SSSR count). The van der Waals surface area contributed by atoms with Crippen molar-refractivity contribution in [2.45, 2.75) is 11.8 Å². The normalized spacial score (nSPS) is 11.1. The molecule has 8 heteroatoms. The lowest BCUT2D eigenvalue weighted by Gasteiger charge is -2.06. The van der Waals surface area contributed by atoms with E-state index >= 15 is 0 Å². The molecule has 0 atom stereocenters. The van der Waals surface area contributed by atoms with Crippen molar-refractivity contribution in [3.8, 4) is 0 Å². The second-order valence-corrected chi connectivity index (χ2v) is 7.16. The van der Waals surface area contributed by atoms with Crippen LogP contribution in [0.5, 0.6) is 0 Å². The van der Waals surface area contributed by atoms with Gasteiger partial charge in [0.1, 0.15) is 5.69 Å². The number of sulfone groups is 1. The molecule has 0 aliphatic rings. The average Bonchev–Trinajstić information content (AvgIpc) is 2.86. The highest BCUT2D eigenvalue weighted by atomic mass is 32.2. The SMILES string of the molecule is CC(=O)c1csc(NC(=O)c2ccccc2S(C)(=O)=O)n1. The lowest BCUT2D eigenvalue weighted by molar-refractivity contribution is 0.100. The predicted molar refractivity (Wildman–Crippen MR) is 79.6 cm³/mol. The molecule has 0 radical (unpaired) electrons. The number of ketones is 1. The predicted octanol–water partition coefficient (Wildman–Crippen LogP) is 2.00. The van der Waals surface area contributed by atoms with Crippen LogP contribution in [0.15, 0.2) is 34.5 Å². The first-order valence-electron chi connectivity index (χ1n) is 5.86. The number of rotatable bonds is 4. The first-order valence-corrected chi connectivity index (χ1v) is 8.63. The quantitative estimate of drug-likeness (QED) is 0.868. The molecule has 0 saturated heterocycles. The minimum Gasteiger partial charge on any atom is -0.298 e. The Labute approximate surface area is 125 Å². The first kappa shape index (κ1) is 15.3. The fourth-order valence-corrected chi connectivity index (χ4v) is 3.27. The number of nitrogens with one attached hydrogen (secondary N) is 1. The average molecular weight is 324 g/mol. The van der Waals surface area contributed by atoms with E-state index in [1.54, 1.807) is 12.1 Å². The minimum atomic E-state index is -3.51. The maximum atomic E-state index is 12.2. The number of hydrogen-bond donors (Lipinski definition) is 1. The second-order valence-electron chi connectivity index (χ2n) is 4.32. The third-order valence-electron chi connectivity index (χ3n) is 2.62.